The molecule has 1 atom stereocenters. The van der Waals surface area contributed by atoms with Crippen LogP contribution in [0.25, 0.3) is 11.2 Å². The van der Waals surface area contributed by atoms with Gasteiger partial charge in [0, 0.05) is 18.8 Å². The topological polar surface area (TPSA) is 35.6 Å². The third-order valence-corrected chi connectivity index (χ3v) is 3.79. The maximum absolute atomic E-state index is 6.24. The lowest BCUT2D eigenvalue weighted by molar-refractivity contribution is 0.628. The lowest BCUT2D eigenvalue weighted by Crippen LogP contribution is -2.10. The largest absolute Gasteiger partial charge is 0.311 e. The van der Waals surface area contributed by atoms with E-state index in [-0.39, 0.29) is 5.38 Å². The zero-order valence-corrected chi connectivity index (χ0v) is 12.8. The van der Waals surface area contributed by atoms with E-state index in [4.69, 9.17) is 11.6 Å². The van der Waals surface area contributed by atoms with Gasteiger partial charge in [-0.15, -0.1) is 11.6 Å². The van der Waals surface area contributed by atoms with E-state index in [0.717, 1.165) is 41.5 Å². The van der Waals surface area contributed by atoms with E-state index >= 15 is 0 Å². The Morgan fingerprint density at radius 3 is 2.72 bits per heavy atom. The molecule has 0 bridgehead atoms. The third-order valence-electron chi connectivity index (χ3n) is 3.00. The Morgan fingerprint density at radius 2 is 2.17 bits per heavy atom. The highest BCUT2D eigenvalue weighted by molar-refractivity contribution is 7.98. The van der Waals surface area contributed by atoms with Gasteiger partial charge in [-0.3, -0.25) is 0 Å². The van der Waals surface area contributed by atoms with Crippen molar-refractivity contribution in [3.05, 3.63) is 11.5 Å². The van der Waals surface area contributed by atoms with Crippen LogP contribution in [0.15, 0.2) is 0 Å². The van der Waals surface area contributed by atoms with Gasteiger partial charge in [0.2, 0.25) is 0 Å². The quantitative estimate of drug-likeness (QED) is 0.792. The molecule has 2 aromatic heterocycles. The smallest absolute Gasteiger partial charge is 0.158 e. The van der Waals surface area contributed by atoms with E-state index in [2.05, 4.69) is 27.8 Å². The predicted molar refractivity (Wildman–Crippen MR) is 78.6 cm³/mol. The minimum atomic E-state index is -0.0797. The number of hydrogen-bond acceptors (Lipinski definition) is 3. The maximum atomic E-state index is 6.24. The van der Waals surface area contributed by atoms with Gasteiger partial charge in [-0.05, 0) is 27.0 Å². The van der Waals surface area contributed by atoms with Crippen molar-refractivity contribution in [3.63, 3.8) is 0 Å². The van der Waals surface area contributed by atoms with Gasteiger partial charge in [0.05, 0.1) is 11.1 Å². The van der Waals surface area contributed by atoms with Crippen molar-refractivity contribution < 1.29 is 0 Å². The Balaban J connectivity index is 2.62. The number of rotatable bonds is 5. The molecule has 0 aliphatic rings. The lowest BCUT2D eigenvalue weighted by atomic mass is 10.4. The molecule has 0 amide bonds. The highest BCUT2D eigenvalue weighted by Crippen LogP contribution is 2.26. The number of imidazole rings is 1. The van der Waals surface area contributed by atoms with Gasteiger partial charge in [0.25, 0.3) is 0 Å². The first-order valence-corrected chi connectivity index (χ1v) is 7.99. The molecule has 2 heterocycles. The molecule has 0 saturated heterocycles. The summed E-state index contributed by atoms with van der Waals surface area (Å²) in [7, 11) is 0. The van der Waals surface area contributed by atoms with Crippen molar-refractivity contribution in [2.24, 2.45) is 0 Å². The zero-order valence-electron chi connectivity index (χ0n) is 11.3. The summed E-state index contributed by atoms with van der Waals surface area (Å²) in [5.74, 6) is 2.00. The second-order valence-corrected chi connectivity index (χ2v) is 5.94. The molecule has 4 nitrogen and oxygen atoms in total. The number of hydrogen-bond donors (Lipinski definition) is 0. The highest BCUT2D eigenvalue weighted by atomic mass is 35.5. The molecule has 2 aromatic rings. The molecule has 18 heavy (non-hydrogen) atoms. The van der Waals surface area contributed by atoms with Crippen LogP contribution in [0.4, 0.5) is 0 Å². The summed E-state index contributed by atoms with van der Waals surface area (Å²) in [6, 6.07) is 0. The van der Waals surface area contributed by atoms with E-state index < -0.39 is 0 Å². The van der Waals surface area contributed by atoms with Gasteiger partial charge in [-0.25, -0.2) is 9.67 Å². The van der Waals surface area contributed by atoms with E-state index in [9.17, 15) is 0 Å². The minimum Gasteiger partial charge on any atom is -0.311 e. The molecule has 0 spiro atoms. The Labute approximate surface area is 117 Å². The van der Waals surface area contributed by atoms with Crippen LogP contribution in [-0.2, 0) is 13.1 Å². The van der Waals surface area contributed by atoms with E-state index in [1.54, 1.807) is 0 Å². The van der Waals surface area contributed by atoms with Gasteiger partial charge in [0.1, 0.15) is 11.3 Å². The minimum absolute atomic E-state index is 0.0797. The van der Waals surface area contributed by atoms with E-state index in [0.29, 0.717) is 0 Å². The number of thioether (sulfide) groups is 1. The van der Waals surface area contributed by atoms with Crippen LogP contribution >= 0.6 is 23.4 Å². The highest BCUT2D eigenvalue weighted by Gasteiger charge is 2.20. The van der Waals surface area contributed by atoms with Crippen molar-refractivity contribution in [2.75, 3.05) is 12.0 Å². The van der Waals surface area contributed by atoms with Crippen LogP contribution in [-0.4, -0.2) is 31.3 Å². The third kappa shape index (κ3) is 2.26. The molecule has 0 fully saturated rings. The molecular formula is C12H19ClN4S. The Bertz CT molecular complexity index is 544. The standard InChI is InChI=1S/C12H19ClN4S/c1-5-17-12-10(9(3)15-17)14-11(8(2)13)16(12)6-7-18-4/h8H,5-7H2,1-4H3. The van der Waals surface area contributed by atoms with Crippen LogP contribution in [0.2, 0.25) is 0 Å². The Morgan fingerprint density at radius 1 is 1.44 bits per heavy atom. The summed E-state index contributed by atoms with van der Waals surface area (Å²) in [5.41, 5.74) is 3.07. The lowest BCUT2D eigenvalue weighted by Gasteiger charge is -2.10. The fourth-order valence-corrected chi connectivity index (χ4v) is 2.70. The van der Waals surface area contributed by atoms with Crippen LogP contribution < -0.4 is 0 Å². The number of nitrogens with zero attached hydrogens (tertiary/aromatic N) is 4. The van der Waals surface area contributed by atoms with E-state index in [1.807, 2.05) is 30.3 Å². The average Bonchev–Trinajstić information content (AvgIpc) is 2.85. The molecule has 0 aromatic carbocycles. The van der Waals surface area contributed by atoms with Crippen LogP contribution in [0, 0.1) is 6.92 Å². The Hall–Kier alpha value is -0.680. The van der Waals surface area contributed by atoms with E-state index in [1.165, 1.54) is 0 Å². The summed E-state index contributed by atoms with van der Waals surface area (Å²) >= 11 is 8.07. The van der Waals surface area contributed by atoms with Gasteiger partial charge in [-0.1, -0.05) is 0 Å². The predicted octanol–water partition coefficient (Wildman–Crippen LogP) is 3.22. The second-order valence-electron chi connectivity index (χ2n) is 4.30. The zero-order chi connectivity index (χ0) is 13.3. The second kappa shape index (κ2) is 5.53. The summed E-state index contributed by atoms with van der Waals surface area (Å²) in [6.45, 7) is 7.85. The average molecular weight is 287 g/mol. The fraction of sp³-hybridized carbons (Fsp3) is 0.667. The van der Waals surface area contributed by atoms with Crippen molar-refractivity contribution >= 4 is 34.5 Å². The fourth-order valence-electron chi connectivity index (χ4n) is 2.17. The number of aromatic nitrogens is 4. The van der Waals surface area contributed by atoms with Crippen molar-refractivity contribution in [1.29, 1.82) is 0 Å². The van der Waals surface area contributed by atoms with Gasteiger partial charge in [0.15, 0.2) is 5.65 Å². The first-order chi connectivity index (χ1) is 8.60. The van der Waals surface area contributed by atoms with Crippen molar-refractivity contribution in [3.8, 4) is 0 Å². The molecule has 0 saturated carbocycles. The monoisotopic (exact) mass is 286 g/mol. The number of halogens is 1. The molecular weight excluding hydrogens is 268 g/mol. The first kappa shape index (κ1) is 13.7. The normalized spacial score (nSPS) is 13.4. The maximum Gasteiger partial charge on any atom is 0.158 e. The summed E-state index contributed by atoms with van der Waals surface area (Å²) in [5, 5.41) is 4.44. The first-order valence-electron chi connectivity index (χ1n) is 6.16. The molecule has 0 aliphatic heterocycles. The number of fused-ring (bicyclic) bond motifs is 1. The molecule has 6 heteroatoms. The molecule has 100 valence electrons. The molecule has 0 aliphatic carbocycles. The summed E-state index contributed by atoms with van der Waals surface area (Å²) in [6.07, 6.45) is 2.11. The SMILES string of the molecule is CCn1nc(C)c2nc(C(C)Cl)n(CCSC)c21. The van der Waals surface area contributed by atoms with Gasteiger partial charge < -0.3 is 4.57 Å². The molecule has 0 radical (unpaired) electrons. The molecule has 2 rings (SSSR count). The Kier molecular flexibility index (Phi) is 4.22. The summed E-state index contributed by atoms with van der Waals surface area (Å²) < 4.78 is 4.23. The molecule has 0 N–H and O–H groups in total. The van der Waals surface area contributed by atoms with Gasteiger partial charge >= 0.3 is 0 Å². The number of aryl methyl sites for hydroxylation is 3. The molecule has 1 unspecified atom stereocenters. The van der Waals surface area contributed by atoms with Crippen molar-refractivity contribution in [2.45, 2.75) is 39.2 Å². The summed E-state index contributed by atoms with van der Waals surface area (Å²) in [4.78, 5) is 4.67. The van der Waals surface area contributed by atoms with Crippen LogP contribution in [0.3, 0.4) is 0 Å². The van der Waals surface area contributed by atoms with Crippen LogP contribution in [0.1, 0.15) is 30.7 Å². The van der Waals surface area contributed by atoms with Gasteiger partial charge in [-0.2, -0.15) is 16.9 Å². The number of alkyl halides is 1. The van der Waals surface area contributed by atoms with Crippen molar-refractivity contribution in [1.82, 2.24) is 19.3 Å². The van der Waals surface area contributed by atoms with Crippen LogP contribution in [0.5, 0.6) is 0 Å².